The number of nitriles is 1. The van der Waals surface area contributed by atoms with Crippen LogP contribution in [0, 0.1) is 11.3 Å². The summed E-state index contributed by atoms with van der Waals surface area (Å²) in [6.45, 7) is -0.160. The number of rotatable bonds is 4. The largest absolute Gasteiger partial charge is 0.394 e. The molecule has 4 rings (SSSR count). The van der Waals surface area contributed by atoms with E-state index < -0.39 is 29.4 Å². The minimum absolute atomic E-state index is 0.165. The summed E-state index contributed by atoms with van der Waals surface area (Å²) >= 11 is 4.41. The van der Waals surface area contributed by atoms with E-state index >= 15 is 0 Å². The summed E-state index contributed by atoms with van der Waals surface area (Å²) in [4.78, 5) is 14.5. The Morgan fingerprint density at radius 1 is 1.36 bits per heavy atom. The first-order valence-corrected chi connectivity index (χ1v) is 9.26. The number of amidine groups is 1. The molecule has 0 amide bonds. The van der Waals surface area contributed by atoms with Crippen LogP contribution in [-0.2, 0) is 11.2 Å². The average Bonchev–Trinajstić information content (AvgIpc) is 3.25. The van der Waals surface area contributed by atoms with Crippen molar-refractivity contribution in [1.82, 2.24) is 4.90 Å². The lowest BCUT2D eigenvalue weighted by atomic mass is 9.96. The number of benzene rings is 1. The second-order valence-electron chi connectivity index (χ2n) is 6.85. The zero-order valence-corrected chi connectivity index (χ0v) is 15.6. The van der Waals surface area contributed by atoms with Crippen molar-refractivity contribution in [3.63, 3.8) is 0 Å². The van der Waals surface area contributed by atoms with Gasteiger partial charge in [-0.25, -0.2) is 9.98 Å². The van der Waals surface area contributed by atoms with E-state index in [0.29, 0.717) is 17.1 Å². The van der Waals surface area contributed by atoms with Crippen LogP contribution in [0.15, 0.2) is 39.2 Å². The van der Waals surface area contributed by atoms with Gasteiger partial charge in [-0.1, -0.05) is 12.1 Å². The van der Waals surface area contributed by atoms with Crippen LogP contribution >= 0.6 is 12.6 Å². The molecule has 9 nitrogen and oxygen atoms in total. The number of hydrogen-bond acceptors (Lipinski definition) is 10. The first kappa shape index (κ1) is 19.0. The van der Waals surface area contributed by atoms with Crippen molar-refractivity contribution in [2.45, 2.75) is 35.8 Å². The van der Waals surface area contributed by atoms with Gasteiger partial charge >= 0.3 is 0 Å². The zero-order chi connectivity index (χ0) is 19.9. The number of aliphatic hydroxyl groups is 3. The molecule has 0 aromatic heterocycles. The summed E-state index contributed by atoms with van der Waals surface area (Å²) in [7, 11) is 0. The van der Waals surface area contributed by atoms with Gasteiger partial charge in [-0.15, -0.1) is 0 Å². The third kappa shape index (κ3) is 3.11. The Morgan fingerprint density at radius 3 is 2.75 bits per heavy atom. The van der Waals surface area contributed by atoms with Crippen LogP contribution in [0.25, 0.3) is 0 Å². The topological polar surface area (TPSA) is 134 Å². The highest BCUT2D eigenvalue weighted by atomic mass is 32.1. The highest BCUT2D eigenvalue weighted by Gasteiger charge is 2.50. The maximum atomic E-state index is 11.1. The number of thiol groups is 1. The summed E-state index contributed by atoms with van der Waals surface area (Å²) in [6.07, 6.45) is -0.886. The van der Waals surface area contributed by atoms with E-state index in [4.69, 9.17) is 10.00 Å². The quantitative estimate of drug-likeness (QED) is 0.494. The molecule has 10 heteroatoms. The van der Waals surface area contributed by atoms with Crippen LogP contribution in [0.5, 0.6) is 0 Å². The highest BCUT2D eigenvalue weighted by Crippen LogP contribution is 2.32. The summed E-state index contributed by atoms with van der Waals surface area (Å²) < 4.78 is 5.72. The highest BCUT2D eigenvalue weighted by molar-refractivity contribution is 7.81. The van der Waals surface area contributed by atoms with Gasteiger partial charge in [-0.2, -0.15) is 17.9 Å². The van der Waals surface area contributed by atoms with Gasteiger partial charge in [-0.3, -0.25) is 4.99 Å². The molecule has 0 radical (unpaired) electrons. The summed E-state index contributed by atoms with van der Waals surface area (Å²) in [5.74, 6) is 0.404. The lowest BCUT2D eigenvalue weighted by Gasteiger charge is -2.32. The molecular formula is C18H19N5O4S. The van der Waals surface area contributed by atoms with Gasteiger partial charge in [0.05, 0.1) is 29.6 Å². The number of fused-ring (bicyclic) bond motifs is 1. The number of nitrogens with zero attached hydrogens (tertiary/aromatic N) is 5. The first-order valence-electron chi connectivity index (χ1n) is 8.74. The number of aliphatic imine (C=N–C) groups is 3. The van der Waals surface area contributed by atoms with Gasteiger partial charge in [0.25, 0.3) is 0 Å². The standard InChI is InChI=1S/C18H19N5O4S/c19-6-11-3-1-10(2-4-11)5-18(26)15-16(20-8-22-18)23(9-21-15)17-14(28)13(25)12(7-24)27-17/h1-4,8,12-14,17,24-26,28H,5,7,9H2/t12-,13-,14-,17-,18?/m1/s1. The molecule has 0 spiro atoms. The molecule has 1 aromatic rings. The fourth-order valence-electron chi connectivity index (χ4n) is 3.55. The molecule has 28 heavy (non-hydrogen) atoms. The fourth-order valence-corrected chi connectivity index (χ4v) is 3.97. The predicted octanol–water partition coefficient (Wildman–Crippen LogP) is -0.680. The molecule has 1 saturated heterocycles. The van der Waals surface area contributed by atoms with Crippen LogP contribution in [0.1, 0.15) is 11.1 Å². The molecule has 3 aliphatic heterocycles. The van der Waals surface area contributed by atoms with Crippen molar-refractivity contribution in [2.75, 3.05) is 13.3 Å². The number of aliphatic hydroxyl groups excluding tert-OH is 2. The van der Waals surface area contributed by atoms with Gasteiger partial charge in [0.1, 0.15) is 31.1 Å². The van der Waals surface area contributed by atoms with E-state index in [0.717, 1.165) is 5.56 Å². The molecule has 1 fully saturated rings. The molecule has 1 aromatic carbocycles. The number of hydrogen-bond donors (Lipinski definition) is 4. The fraction of sp³-hybridized carbons (Fsp3) is 0.444. The van der Waals surface area contributed by atoms with Crippen molar-refractivity contribution in [3.8, 4) is 6.07 Å². The summed E-state index contributed by atoms with van der Waals surface area (Å²) in [5.41, 5.74) is 0.0378. The van der Waals surface area contributed by atoms with Crippen LogP contribution in [0.3, 0.4) is 0 Å². The average molecular weight is 401 g/mol. The smallest absolute Gasteiger partial charge is 0.208 e. The van der Waals surface area contributed by atoms with Crippen molar-refractivity contribution in [3.05, 3.63) is 35.4 Å². The molecule has 5 atom stereocenters. The Morgan fingerprint density at radius 2 is 2.11 bits per heavy atom. The monoisotopic (exact) mass is 401 g/mol. The zero-order valence-electron chi connectivity index (χ0n) is 14.8. The van der Waals surface area contributed by atoms with Crippen LogP contribution in [0.4, 0.5) is 0 Å². The predicted molar refractivity (Wildman–Crippen MR) is 104 cm³/mol. The molecule has 3 heterocycles. The van der Waals surface area contributed by atoms with E-state index in [-0.39, 0.29) is 19.7 Å². The van der Waals surface area contributed by atoms with E-state index in [9.17, 15) is 15.3 Å². The third-order valence-corrected chi connectivity index (χ3v) is 5.61. The maximum Gasteiger partial charge on any atom is 0.208 e. The maximum absolute atomic E-state index is 11.1. The molecule has 0 saturated carbocycles. The molecular weight excluding hydrogens is 382 g/mol. The van der Waals surface area contributed by atoms with Crippen molar-refractivity contribution in [2.24, 2.45) is 15.0 Å². The normalized spacial score (nSPS) is 34.0. The van der Waals surface area contributed by atoms with Gasteiger partial charge < -0.3 is 25.0 Å². The first-order chi connectivity index (χ1) is 13.5. The second-order valence-corrected chi connectivity index (χ2v) is 7.44. The molecule has 3 aliphatic rings. The lowest BCUT2D eigenvalue weighted by Crippen LogP contribution is -2.51. The summed E-state index contributed by atoms with van der Waals surface area (Å²) in [6, 6.07) is 8.93. The molecule has 146 valence electrons. The molecule has 3 N–H and O–H groups in total. The van der Waals surface area contributed by atoms with Gasteiger partial charge in [0, 0.05) is 6.42 Å². The molecule has 1 unspecified atom stereocenters. The molecule has 0 aliphatic carbocycles. The second kappa shape index (κ2) is 7.27. The lowest BCUT2D eigenvalue weighted by molar-refractivity contribution is -0.0557. The van der Waals surface area contributed by atoms with Crippen LogP contribution in [-0.4, -0.2) is 80.8 Å². The van der Waals surface area contributed by atoms with Crippen molar-refractivity contribution < 1.29 is 20.1 Å². The Bertz CT molecular complexity index is 896. The minimum Gasteiger partial charge on any atom is -0.394 e. The van der Waals surface area contributed by atoms with Crippen molar-refractivity contribution in [1.29, 1.82) is 5.26 Å². The van der Waals surface area contributed by atoms with Crippen LogP contribution in [0.2, 0.25) is 0 Å². The van der Waals surface area contributed by atoms with Crippen molar-refractivity contribution >= 4 is 30.5 Å². The van der Waals surface area contributed by atoms with E-state index in [1.807, 2.05) is 0 Å². The SMILES string of the molecule is N#Cc1ccc(CC2(O)N=CN=C3C2=NCN3[C@@H]2O[C@H](CO)[C@@H](O)[C@H]2S)cc1. The Labute approximate surface area is 166 Å². The van der Waals surface area contributed by atoms with E-state index in [1.165, 1.54) is 6.34 Å². The van der Waals surface area contributed by atoms with E-state index in [2.05, 4.69) is 33.7 Å². The molecule has 0 bridgehead atoms. The Hall–Kier alpha value is -2.29. The Balaban J connectivity index is 1.55. The van der Waals surface area contributed by atoms with Gasteiger partial charge in [-0.05, 0) is 17.7 Å². The summed E-state index contributed by atoms with van der Waals surface area (Å²) in [5, 5.41) is 39.0. The number of ether oxygens (including phenoxy) is 1. The van der Waals surface area contributed by atoms with Crippen LogP contribution < -0.4 is 0 Å². The van der Waals surface area contributed by atoms with Gasteiger partial charge in [0.2, 0.25) is 5.72 Å². The minimum atomic E-state index is -1.60. The third-order valence-electron chi connectivity index (χ3n) is 5.05. The Kier molecular flexibility index (Phi) is 4.95. The van der Waals surface area contributed by atoms with Gasteiger partial charge in [0.15, 0.2) is 5.84 Å². The van der Waals surface area contributed by atoms with E-state index in [1.54, 1.807) is 29.2 Å².